The molecule has 184 valence electrons. The highest BCUT2D eigenvalue weighted by atomic mass is 16.4. The summed E-state index contributed by atoms with van der Waals surface area (Å²) in [4.78, 5) is 52.3. The van der Waals surface area contributed by atoms with Gasteiger partial charge >= 0.3 is 5.97 Å². The van der Waals surface area contributed by atoms with Gasteiger partial charge in [-0.05, 0) is 25.7 Å². The van der Waals surface area contributed by atoms with Crippen molar-refractivity contribution in [3.63, 3.8) is 0 Å². The minimum atomic E-state index is -1.61. The van der Waals surface area contributed by atoms with E-state index in [9.17, 15) is 29.4 Å². The second kappa shape index (κ2) is 14.2. The van der Waals surface area contributed by atoms with Crippen molar-refractivity contribution in [3.05, 3.63) is 0 Å². The molecule has 5 atom stereocenters. The number of hydrogen-bond donors (Lipinski definition) is 9. The zero-order chi connectivity index (χ0) is 25.0. The number of aliphatic imine (C=N–C) groups is 1. The van der Waals surface area contributed by atoms with Crippen molar-refractivity contribution in [1.82, 2.24) is 16.0 Å². The number of carbonyl (C=O) groups excluding carboxylic acids is 3. The van der Waals surface area contributed by atoms with Gasteiger partial charge < -0.3 is 48.5 Å². The van der Waals surface area contributed by atoms with Gasteiger partial charge in [-0.25, -0.2) is 4.79 Å². The zero-order valence-electron chi connectivity index (χ0n) is 18.4. The first-order valence-electron chi connectivity index (χ1n) is 10.1. The van der Waals surface area contributed by atoms with Crippen LogP contribution in [-0.4, -0.2) is 88.4 Å². The fourth-order valence-electron chi connectivity index (χ4n) is 2.45. The molecule has 14 nitrogen and oxygen atoms in total. The molecule has 0 aliphatic heterocycles. The molecule has 3 amide bonds. The van der Waals surface area contributed by atoms with Gasteiger partial charge in [0, 0.05) is 6.54 Å². The van der Waals surface area contributed by atoms with Crippen LogP contribution in [0.3, 0.4) is 0 Å². The van der Waals surface area contributed by atoms with Gasteiger partial charge in [-0.1, -0.05) is 13.8 Å². The van der Waals surface area contributed by atoms with E-state index in [4.69, 9.17) is 22.3 Å². The van der Waals surface area contributed by atoms with Gasteiger partial charge in [-0.15, -0.1) is 0 Å². The summed E-state index contributed by atoms with van der Waals surface area (Å²) >= 11 is 0. The summed E-state index contributed by atoms with van der Waals surface area (Å²) in [5.74, 6) is -4.30. The molecule has 12 N–H and O–H groups in total. The molecule has 0 saturated heterocycles. The van der Waals surface area contributed by atoms with Crippen LogP contribution < -0.4 is 33.2 Å². The van der Waals surface area contributed by atoms with E-state index >= 15 is 0 Å². The number of amides is 3. The Morgan fingerprint density at radius 1 is 0.938 bits per heavy atom. The standard InChI is InChI=1S/C18H35N7O7/c1-8(2)12(19)16(30)24-11(7-26)15(29)23-10(5-4-6-22-18(20)21)14(28)25-13(9(3)27)17(31)32/h8-13,26-27H,4-7,19H2,1-3H3,(H,23,29)(H,24,30)(H,25,28)(H,31,32)(H4,20,21,22). The highest BCUT2D eigenvalue weighted by Crippen LogP contribution is 2.03. The minimum Gasteiger partial charge on any atom is -0.480 e. The van der Waals surface area contributed by atoms with Crippen molar-refractivity contribution in [2.75, 3.05) is 13.2 Å². The van der Waals surface area contributed by atoms with E-state index in [0.29, 0.717) is 0 Å². The summed E-state index contributed by atoms with van der Waals surface area (Å²) in [5.41, 5.74) is 16.2. The Bertz CT molecular complexity index is 681. The number of carboxylic acids is 1. The minimum absolute atomic E-state index is 0.00188. The third-order valence-electron chi connectivity index (χ3n) is 4.46. The molecule has 0 aliphatic rings. The average Bonchev–Trinajstić information content (AvgIpc) is 2.70. The van der Waals surface area contributed by atoms with Crippen LogP contribution in [0.15, 0.2) is 4.99 Å². The number of guanidine groups is 1. The van der Waals surface area contributed by atoms with Crippen LogP contribution >= 0.6 is 0 Å². The first-order chi connectivity index (χ1) is 14.8. The summed E-state index contributed by atoms with van der Waals surface area (Å²) in [6, 6.07) is -5.19. The molecule has 0 aromatic rings. The van der Waals surface area contributed by atoms with Crippen molar-refractivity contribution in [2.24, 2.45) is 28.1 Å². The van der Waals surface area contributed by atoms with E-state index in [-0.39, 0.29) is 31.3 Å². The molecule has 0 rings (SSSR count). The molecular weight excluding hydrogens is 426 g/mol. The van der Waals surface area contributed by atoms with Crippen LogP contribution in [0.5, 0.6) is 0 Å². The number of hydrogen-bond acceptors (Lipinski definition) is 8. The van der Waals surface area contributed by atoms with Crippen LogP contribution in [-0.2, 0) is 19.2 Å². The Hall–Kier alpha value is -2.97. The molecule has 5 unspecified atom stereocenters. The first kappa shape index (κ1) is 29.0. The molecule has 0 fully saturated rings. The number of nitrogens with one attached hydrogen (secondary N) is 3. The van der Waals surface area contributed by atoms with Crippen molar-refractivity contribution < 1.29 is 34.5 Å². The molecule has 0 aliphatic carbocycles. The number of aliphatic hydroxyl groups excluding tert-OH is 2. The molecular formula is C18H35N7O7. The van der Waals surface area contributed by atoms with E-state index in [1.54, 1.807) is 13.8 Å². The average molecular weight is 462 g/mol. The van der Waals surface area contributed by atoms with Crippen molar-refractivity contribution in [3.8, 4) is 0 Å². The van der Waals surface area contributed by atoms with Gasteiger partial charge in [0.1, 0.15) is 12.1 Å². The molecule has 0 aromatic carbocycles. The smallest absolute Gasteiger partial charge is 0.328 e. The van der Waals surface area contributed by atoms with Gasteiger partial charge in [0.2, 0.25) is 17.7 Å². The fraction of sp³-hybridized carbons (Fsp3) is 0.722. The van der Waals surface area contributed by atoms with Gasteiger partial charge in [0.25, 0.3) is 0 Å². The van der Waals surface area contributed by atoms with Crippen molar-refractivity contribution in [2.45, 2.75) is 63.9 Å². The third-order valence-corrected chi connectivity index (χ3v) is 4.46. The Morgan fingerprint density at radius 3 is 1.91 bits per heavy atom. The van der Waals surface area contributed by atoms with E-state index < -0.39 is 60.6 Å². The summed E-state index contributed by atoms with van der Waals surface area (Å²) in [5, 5.41) is 35.0. The maximum absolute atomic E-state index is 12.6. The maximum Gasteiger partial charge on any atom is 0.328 e. The van der Waals surface area contributed by atoms with E-state index in [1.807, 2.05) is 0 Å². The summed E-state index contributed by atoms with van der Waals surface area (Å²) in [6.45, 7) is 3.95. The molecule has 0 heterocycles. The van der Waals surface area contributed by atoms with Gasteiger partial charge in [0.05, 0.1) is 18.8 Å². The number of nitrogens with zero attached hydrogens (tertiary/aromatic N) is 1. The Labute approximate surface area is 186 Å². The predicted octanol–water partition coefficient (Wildman–Crippen LogP) is -4.06. The fourth-order valence-corrected chi connectivity index (χ4v) is 2.45. The molecule has 0 bridgehead atoms. The molecule has 0 aromatic heterocycles. The lowest BCUT2D eigenvalue weighted by atomic mass is 10.0. The highest BCUT2D eigenvalue weighted by molar-refractivity contribution is 5.94. The number of nitrogens with two attached hydrogens (primary N) is 3. The lowest BCUT2D eigenvalue weighted by Crippen LogP contribution is -2.59. The van der Waals surface area contributed by atoms with Gasteiger partial charge in [-0.2, -0.15) is 0 Å². The number of aliphatic carboxylic acids is 1. The second-order valence-electron chi connectivity index (χ2n) is 7.59. The summed E-state index contributed by atoms with van der Waals surface area (Å²) < 4.78 is 0. The topological polar surface area (TPSA) is 255 Å². The van der Waals surface area contributed by atoms with Crippen LogP contribution in [0.2, 0.25) is 0 Å². The summed E-state index contributed by atoms with van der Waals surface area (Å²) in [7, 11) is 0. The van der Waals surface area contributed by atoms with E-state index in [0.717, 1.165) is 0 Å². The monoisotopic (exact) mass is 461 g/mol. The van der Waals surface area contributed by atoms with E-state index in [1.165, 1.54) is 6.92 Å². The third kappa shape index (κ3) is 10.4. The number of carbonyl (C=O) groups is 4. The molecule has 0 radical (unpaired) electrons. The lowest BCUT2D eigenvalue weighted by molar-refractivity contribution is -0.145. The summed E-state index contributed by atoms with van der Waals surface area (Å²) in [6.07, 6.45) is -1.17. The van der Waals surface area contributed by atoms with Crippen LogP contribution in [0.25, 0.3) is 0 Å². The molecule has 14 heteroatoms. The van der Waals surface area contributed by atoms with Crippen LogP contribution in [0.4, 0.5) is 0 Å². The lowest BCUT2D eigenvalue weighted by Gasteiger charge is -2.25. The first-order valence-corrected chi connectivity index (χ1v) is 10.1. The quantitative estimate of drug-likeness (QED) is 0.0686. The zero-order valence-corrected chi connectivity index (χ0v) is 18.4. The van der Waals surface area contributed by atoms with Crippen molar-refractivity contribution >= 4 is 29.7 Å². The molecule has 0 saturated carbocycles. The second-order valence-corrected chi connectivity index (χ2v) is 7.59. The Balaban J connectivity index is 5.39. The Morgan fingerprint density at radius 2 is 1.47 bits per heavy atom. The number of carboxylic acid groups (broad SMARTS) is 1. The molecule has 0 spiro atoms. The van der Waals surface area contributed by atoms with Crippen LogP contribution in [0.1, 0.15) is 33.6 Å². The number of rotatable bonds is 14. The Kier molecular flexibility index (Phi) is 12.8. The normalized spacial score (nSPS) is 15.6. The SMILES string of the molecule is CC(C)C(N)C(=O)NC(CO)C(=O)NC(CCCN=C(N)N)C(=O)NC(C(=O)O)C(C)O. The maximum atomic E-state index is 12.6. The largest absolute Gasteiger partial charge is 0.480 e. The highest BCUT2D eigenvalue weighted by Gasteiger charge is 2.31. The van der Waals surface area contributed by atoms with Gasteiger partial charge in [0.15, 0.2) is 12.0 Å². The van der Waals surface area contributed by atoms with Crippen molar-refractivity contribution in [1.29, 1.82) is 0 Å². The van der Waals surface area contributed by atoms with Gasteiger partial charge in [-0.3, -0.25) is 19.4 Å². The van der Waals surface area contributed by atoms with E-state index in [2.05, 4.69) is 20.9 Å². The van der Waals surface area contributed by atoms with Crippen LogP contribution in [0, 0.1) is 5.92 Å². The number of aliphatic hydroxyl groups is 2. The molecule has 32 heavy (non-hydrogen) atoms. The predicted molar refractivity (Wildman–Crippen MR) is 115 cm³/mol.